The number of nitrogens with zero attached hydrogens (tertiary/aromatic N) is 3. The number of urea groups is 1. The van der Waals surface area contributed by atoms with Crippen molar-refractivity contribution in [2.24, 2.45) is 5.92 Å². The SMILES string of the molecule is O=C(NC(c1ccccc1)c1ccccc1)N1CCCC(CNC2=CC(c3ccccc3O)=CCc3c(Br)cnn32)C1. The van der Waals surface area contributed by atoms with Crippen LogP contribution in [0, 0.1) is 5.92 Å². The van der Waals surface area contributed by atoms with E-state index in [1.807, 2.05) is 76.5 Å². The number of benzene rings is 3. The number of nitrogens with one attached hydrogen (secondary N) is 2. The maximum atomic E-state index is 13.6. The quantitative estimate of drug-likeness (QED) is 0.217. The summed E-state index contributed by atoms with van der Waals surface area (Å²) in [4.78, 5) is 15.5. The van der Waals surface area contributed by atoms with Gasteiger partial charge in [-0.05, 0) is 63.5 Å². The fourth-order valence-corrected chi connectivity index (χ4v) is 6.20. The number of aromatic hydroxyl groups is 1. The third-order valence-electron chi connectivity index (χ3n) is 7.98. The number of likely N-dealkylation sites (tertiary alicyclic amines) is 1. The van der Waals surface area contributed by atoms with Crippen molar-refractivity contribution in [3.05, 3.63) is 130 Å². The molecule has 2 aliphatic heterocycles. The Morgan fingerprint density at radius 3 is 2.40 bits per heavy atom. The predicted molar refractivity (Wildman–Crippen MR) is 170 cm³/mol. The van der Waals surface area contributed by atoms with Crippen LogP contribution in [-0.2, 0) is 6.42 Å². The van der Waals surface area contributed by atoms with E-state index in [0.29, 0.717) is 19.5 Å². The van der Waals surface area contributed by atoms with E-state index in [1.165, 1.54) is 0 Å². The number of allylic oxidation sites excluding steroid dienone is 3. The van der Waals surface area contributed by atoms with Crippen molar-refractivity contribution in [2.75, 3.05) is 19.6 Å². The second kappa shape index (κ2) is 12.7. The van der Waals surface area contributed by atoms with E-state index in [9.17, 15) is 9.90 Å². The number of carbonyl (C=O) groups excluding carboxylic acids is 1. The van der Waals surface area contributed by atoms with Crippen LogP contribution in [0.5, 0.6) is 5.75 Å². The number of hydrogen-bond acceptors (Lipinski definition) is 4. The minimum absolute atomic E-state index is 0.0471. The monoisotopic (exact) mass is 623 g/mol. The molecule has 7 nitrogen and oxygen atoms in total. The van der Waals surface area contributed by atoms with Gasteiger partial charge >= 0.3 is 6.03 Å². The van der Waals surface area contributed by atoms with Gasteiger partial charge in [-0.3, -0.25) is 0 Å². The zero-order chi connectivity index (χ0) is 28.9. The molecule has 1 fully saturated rings. The van der Waals surface area contributed by atoms with Crippen molar-refractivity contribution in [2.45, 2.75) is 25.3 Å². The van der Waals surface area contributed by atoms with Crippen LogP contribution in [0.3, 0.4) is 0 Å². The highest BCUT2D eigenvalue weighted by atomic mass is 79.9. The highest BCUT2D eigenvalue weighted by Crippen LogP contribution is 2.31. The number of fused-ring (bicyclic) bond motifs is 1. The zero-order valence-electron chi connectivity index (χ0n) is 23.3. The lowest BCUT2D eigenvalue weighted by Crippen LogP contribution is -2.48. The number of phenols is 1. The van der Waals surface area contributed by atoms with Crippen molar-refractivity contribution in [3.63, 3.8) is 0 Å². The zero-order valence-corrected chi connectivity index (χ0v) is 24.9. The van der Waals surface area contributed by atoms with Gasteiger partial charge in [0.2, 0.25) is 0 Å². The Morgan fingerprint density at radius 2 is 1.69 bits per heavy atom. The number of aromatic nitrogens is 2. The largest absolute Gasteiger partial charge is 0.507 e. The van der Waals surface area contributed by atoms with Gasteiger partial charge in [0.05, 0.1) is 22.4 Å². The Labute approximate surface area is 254 Å². The minimum Gasteiger partial charge on any atom is -0.507 e. The first-order chi connectivity index (χ1) is 20.6. The van der Waals surface area contributed by atoms with Crippen molar-refractivity contribution < 1.29 is 9.90 Å². The normalized spacial score (nSPS) is 16.7. The Hall–Kier alpha value is -4.30. The molecule has 1 saturated heterocycles. The number of carbonyl (C=O) groups is 1. The van der Waals surface area contributed by atoms with Crippen LogP contribution in [0.4, 0.5) is 4.79 Å². The van der Waals surface area contributed by atoms with Gasteiger partial charge in [0.1, 0.15) is 11.6 Å². The Balaban J connectivity index is 1.16. The Morgan fingerprint density at radius 1 is 1.00 bits per heavy atom. The summed E-state index contributed by atoms with van der Waals surface area (Å²) in [5.41, 5.74) is 4.87. The molecule has 42 heavy (non-hydrogen) atoms. The fraction of sp³-hybridized carbons (Fsp3) is 0.235. The average molecular weight is 625 g/mol. The van der Waals surface area contributed by atoms with Crippen LogP contribution in [-0.4, -0.2) is 45.5 Å². The third kappa shape index (κ3) is 6.14. The van der Waals surface area contributed by atoms with Crippen LogP contribution in [0.15, 0.2) is 108 Å². The predicted octanol–water partition coefficient (Wildman–Crippen LogP) is 6.59. The summed E-state index contributed by atoms with van der Waals surface area (Å²) in [7, 11) is 0. The lowest BCUT2D eigenvalue weighted by molar-refractivity contribution is 0.163. The number of phenolic OH excluding ortho intramolecular Hbond substituents is 1. The Kier molecular flexibility index (Phi) is 8.42. The van der Waals surface area contributed by atoms with Crippen molar-refractivity contribution in [1.82, 2.24) is 25.3 Å². The van der Waals surface area contributed by atoms with E-state index in [2.05, 4.69) is 62.0 Å². The highest BCUT2D eigenvalue weighted by Gasteiger charge is 2.27. The van der Waals surface area contributed by atoms with E-state index < -0.39 is 0 Å². The number of hydrogen-bond donors (Lipinski definition) is 3. The summed E-state index contributed by atoms with van der Waals surface area (Å²) < 4.78 is 2.86. The molecule has 0 saturated carbocycles. The number of piperidine rings is 1. The molecule has 214 valence electrons. The van der Waals surface area contributed by atoms with Crippen molar-refractivity contribution in [1.29, 1.82) is 0 Å². The number of rotatable bonds is 7. The first-order valence-corrected chi connectivity index (χ1v) is 15.2. The van der Waals surface area contributed by atoms with Crippen LogP contribution in [0.2, 0.25) is 0 Å². The molecule has 0 aliphatic carbocycles. The summed E-state index contributed by atoms with van der Waals surface area (Å²) >= 11 is 3.64. The van der Waals surface area contributed by atoms with Gasteiger partial charge in [-0.15, -0.1) is 0 Å². The first kappa shape index (κ1) is 27.8. The maximum absolute atomic E-state index is 13.6. The molecule has 2 amide bonds. The van der Waals surface area contributed by atoms with Gasteiger partial charge in [-0.25, -0.2) is 9.48 Å². The summed E-state index contributed by atoms with van der Waals surface area (Å²) in [5.74, 6) is 1.37. The van der Waals surface area contributed by atoms with E-state index >= 15 is 0 Å². The fourth-order valence-electron chi connectivity index (χ4n) is 5.78. The number of para-hydroxylation sites is 1. The lowest BCUT2D eigenvalue weighted by atomic mass is 9.97. The summed E-state index contributed by atoms with van der Waals surface area (Å²) in [5, 5.41) is 22.1. The molecule has 1 atom stereocenters. The van der Waals surface area contributed by atoms with E-state index in [4.69, 9.17) is 0 Å². The second-order valence-electron chi connectivity index (χ2n) is 10.8. The third-order valence-corrected chi connectivity index (χ3v) is 8.64. The molecule has 2 aliphatic rings. The minimum atomic E-state index is -0.217. The number of halogens is 1. The smallest absolute Gasteiger partial charge is 0.318 e. The van der Waals surface area contributed by atoms with Gasteiger partial charge in [-0.2, -0.15) is 5.10 Å². The van der Waals surface area contributed by atoms with Crippen LogP contribution in [0.1, 0.15) is 41.3 Å². The molecular formula is C34H34BrN5O2. The summed E-state index contributed by atoms with van der Waals surface area (Å²) in [6.07, 6.45) is 8.62. The molecular weight excluding hydrogens is 590 g/mol. The standard InChI is InChI=1S/C34H34BrN5O2/c35-29-22-37-40-30(29)18-17-27(28-15-7-8-16-31(28)41)20-32(40)36-21-24-10-9-19-39(23-24)34(42)38-33(25-11-3-1-4-12-25)26-13-5-2-6-14-26/h1-8,11-17,20,22,24,33,36,41H,9-10,18-19,21,23H2,(H,38,42). The van der Waals surface area contributed by atoms with Gasteiger partial charge in [0, 0.05) is 31.6 Å². The molecule has 0 spiro atoms. The lowest BCUT2D eigenvalue weighted by Gasteiger charge is -2.34. The molecule has 8 heteroatoms. The van der Waals surface area contributed by atoms with Crippen LogP contribution >= 0.6 is 15.9 Å². The first-order valence-electron chi connectivity index (χ1n) is 14.4. The van der Waals surface area contributed by atoms with Gasteiger partial charge < -0.3 is 20.6 Å². The van der Waals surface area contributed by atoms with Crippen LogP contribution < -0.4 is 10.6 Å². The molecule has 1 unspecified atom stereocenters. The molecule has 6 rings (SSSR count). The second-order valence-corrected chi connectivity index (χ2v) is 11.7. The van der Waals surface area contributed by atoms with Crippen molar-refractivity contribution >= 4 is 33.4 Å². The van der Waals surface area contributed by atoms with Gasteiger partial charge in [-0.1, -0.05) is 84.9 Å². The van der Waals surface area contributed by atoms with E-state index in [0.717, 1.165) is 57.6 Å². The maximum Gasteiger partial charge on any atom is 0.318 e. The molecule has 3 aromatic carbocycles. The molecule has 0 radical (unpaired) electrons. The number of amides is 2. The summed E-state index contributed by atoms with van der Waals surface area (Å²) in [6.45, 7) is 2.10. The average Bonchev–Trinajstić information content (AvgIpc) is 3.29. The van der Waals surface area contributed by atoms with E-state index in [1.54, 1.807) is 6.07 Å². The van der Waals surface area contributed by atoms with Gasteiger partial charge in [0.25, 0.3) is 0 Å². The van der Waals surface area contributed by atoms with Crippen LogP contribution in [0.25, 0.3) is 11.4 Å². The molecule has 0 bridgehead atoms. The van der Waals surface area contributed by atoms with Gasteiger partial charge in [0.15, 0.2) is 0 Å². The molecule has 4 aromatic rings. The summed E-state index contributed by atoms with van der Waals surface area (Å²) in [6, 6.07) is 27.4. The van der Waals surface area contributed by atoms with Crippen molar-refractivity contribution in [3.8, 4) is 5.75 Å². The molecule has 3 N–H and O–H groups in total. The highest BCUT2D eigenvalue weighted by molar-refractivity contribution is 9.10. The molecule has 3 heterocycles. The van der Waals surface area contributed by atoms with E-state index in [-0.39, 0.29) is 23.7 Å². The Bertz CT molecular complexity index is 1560. The molecule has 1 aromatic heterocycles. The topological polar surface area (TPSA) is 82.4 Å².